The van der Waals surface area contributed by atoms with Crippen LogP contribution in [0.1, 0.15) is 69.0 Å². The van der Waals surface area contributed by atoms with Crippen LogP contribution >= 0.6 is 11.3 Å². The lowest BCUT2D eigenvalue weighted by molar-refractivity contribution is -0.177. The number of carbonyl (C=O) groups is 3. The van der Waals surface area contributed by atoms with Crippen LogP contribution in [0.5, 0.6) is 0 Å². The number of ether oxygens (including phenoxy) is 2. The SMILES string of the molecule is C=C1CCC2C(CC)(C1=C)C(=O)C(=C)C1[C@](C)(COC(=O)c3cccs3)CCC[C@@]21COC(C)=O. The molecule has 3 unspecified atom stereocenters. The number of hydrogen-bond donors (Lipinski definition) is 0. The number of esters is 2. The van der Waals surface area contributed by atoms with Gasteiger partial charge in [-0.25, -0.2) is 4.79 Å². The maximum absolute atomic E-state index is 14.2. The number of carbonyl (C=O) groups excluding carboxylic acids is 3. The van der Waals surface area contributed by atoms with E-state index in [1.54, 1.807) is 6.07 Å². The van der Waals surface area contributed by atoms with Crippen molar-refractivity contribution in [2.45, 2.75) is 59.3 Å². The van der Waals surface area contributed by atoms with Crippen LogP contribution in [-0.4, -0.2) is 30.9 Å². The lowest BCUT2D eigenvalue weighted by Gasteiger charge is -2.65. The van der Waals surface area contributed by atoms with Gasteiger partial charge in [0, 0.05) is 23.7 Å². The Balaban J connectivity index is 1.79. The Hall–Kier alpha value is -2.47. The zero-order valence-corrected chi connectivity index (χ0v) is 21.9. The average Bonchev–Trinajstić information content (AvgIpc) is 3.37. The second-order valence-electron chi connectivity index (χ2n) is 10.9. The molecule has 5 atom stereocenters. The molecule has 5 nitrogen and oxygen atoms in total. The second kappa shape index (κ2) is 9.20. The van der Waals surface area contributed by atoms with E-state index in [-0.39, 0.29) is 42.8 Å². The lowest BCUT2D eigenvalue weighted by Crippen LogP contribution is -2.65. The molecule has 35 heavy (non-hydrogen) atoms. The summed E-state index contributed by atoms with van der Waals surface area (Å²) in [5.74, 6) is -0.978. The molecule has 3 saturated carbocycles. The Bertz CT molecular complexity index is 1080. The molecule has 1 aromatic rings. The molecule has 1 heterocycles. The minimum atomic E-state index is -0.783. The summed E-state index contributed by atoms with van der Waals surface area (Å²) in [4.78, 5) is 39.5. The monoisotopic (exact) mass is 496 g/mol. The predicted octanol–water partition coefficient (Wildman–Crippen LogP) is 6.32. The summed E-state index contributed by atoms with van der Waals surface area (Å²) in [6.07, 6.45) is 4.65. The molecule has 0 N–H and O–H groups in total. The van der Waals surface area contributed by atoms with Crippen molar-refractivity contribution in [3.8, 4) is 0 Å². The number of rotatable bonds is 6. The number of fused-ring (bicyclic) bond motifs is 3. The molecule has 0 saturated heterocycles. The van der Waals surface area contributed by atoms with Gasteiger partial charge >= 0.3 is 11.9 Å². The van der Waals surface area contributed by atoms with Gasteiger partial charge in [0.25, 0.3) is 0 Å². The summed E-state index contributed by atoms with van der Waals surface area (Å²) in [7, 11) is 0. The minimum Gasteiger partial charge on any atom is -0.465 e. The van der Waals surface area contributed by atoms with E-state index in [1.807, 2.05) is 18.4 Å². The Morgan fingerprint density at radius 1 is 1.17 bits per heavy atom. The summed E-state index contributed by atoms with van der Waals surface area (Å²) >= 11 is 1.35. The molecule has 0 aliphatic heterocycles. The first kappa shape index (κ1) is 25.6. The Kier molecular flexibility index (Phi) is 6.73. The zero-order valence-electron chi connectivity index (χ0n) is 21.1. The van der Waals surface area contributed by atoms with Gasteiger partial charge in [-0.3, -0.25) is 9.59 Å². The van der Waals surface area contributed by atoms with Crippen molar-refractivity contribution in [1.82, 2.24) is 0 Å². The third kappa shape index (κ3) is 3.85. The summed E-state index contributed by atoms with van der Waals surface area (Å²) in [5, 5.41) is 1.85. The van der Waals surface area contributed by atoms with Crippen molar-refractivity contribution in [2.75, 3.05) is 13.2 Å². The maximum Gasteiger partial charge on any atom is 0.348 e. The third-order valence-corrected chi connectivity index (χ3v) is 9.90. The quantitative estimate of drug-likeness (QED) is 0.341. The topological polar surface area (TPSA) is 69.7 Å². The fourth-order valence-corrected chi connectivity index (χ4v) is 8.26. The lowest BCUT2D eigenvalue weighted by atomic mass is 9.37. The van der Waals surface area contributed by atoms with Crippen molar-refractivity contribution in [2.24, 2.45) is 28.1 Å². The zero-order chi connectivity index (χ0) is 25.6. The molecule has 0 amide bonds. The van der Waals surface area contributed by atoms with Crippen molar-refractivity contribution < 1.29 is 23.9 Å². The summed E-state index contributed by atoms with van der Waals surface area (Å²) in [6, 6.07) is 3.57. The summed E-state index contributed by atoms with van der Waals surface area (Å²) in [6.45, 7) is 18.9. The fraction of sp³-hybridized carbons (Fsp3) is 0.552. The molecule has 3 fully saturated rings. The van der Waals surface area contributed by atoms with Crippen LogP contribution < -0.4 is 0 Å². The number of ketones is 1. The number of thiophene rings is 1. The van der Waals surface area contributed by atoms with E-state index in [0.717, 1.165) is 43.3 Å². The van der Waals surface area contributed by atoms with E-state index in [4.69, 9.17) is 9.47 Å². The molecule has 0 radical (unpaired) electrons. The predicted molar refractivity (Wildman–Crippen MR) is 137 cm³/mol. The highest BCUT2D eigenvalue weighted by Crippen LogP contribution is 2.70. The fourth-order valence-electron chi connectivity index (χ4n) is 7.64. The van der Waals surface area contributed by atoms with Crippen LogP contribution in [0.25, 0.3) is 0 Å². The van der Waals surface area contributed by atoms with E-state index in [0.29, 0.717) is 16.9 Å². The van der Waals surface area contributed by atoms with Crippen LogP contribution in [0.3, 0.4) is 0 Å². The van der Waals surface area contributed by atoms with E-state index in [1.165, 1.54) is 18.3 Å². The van der Waals surface area contributed by atoms with Crippen LogP contribution in [0, 0.1) is 28.1 Å². The second-order valence-corrected chi connectivity index (χ2v) is 11.8. The van der Waals surface area contributed by atoms with Crippen LogP contribution in [0.2, 0.25) is 0 Å². The summed E-state index contributed by atoms with van der Waals surface area (Å²) in [5.41, 5.74) is 0.496. The van der Waals surface area contributed by atoms with Crippen LogP contribution in [0.15, 0.2) is 54.0 Å². The van der Waals surface area contributed by atoms with Gasteiger partial charge in [-0.1, -0.05) is 51.6 Å². The molecular formula is C29H36O5S. The van der Waals surface area contributed by atoms with E-state index in [2.05, 4.69) is 26.7 Å². The van der Waals surface area contributed by atoms with Gasteiger partial charge < -0.3 is 9.47 Å². The van der Waals surface area contributed by atoms with E-state index >= 15 is 0 Å². The molecule has 0 spiro atoms. The highest BCUT2D eigenvalue weighted by Gasteiger charge is 2.68. The number of hydrogen-bond acceptors (Lipinski definition) is 6. The first-order valence-corrected chi connectivity index (χ1v) is 13.4. The number of Topliss-reactive ketones (excluding diaryl/α,β-unsaturated/α-hetero) is 1. The maximum atomic E-state index is 14.2. The molecule has 188 valence electrons. The summed E-state index contributed by atoms with van der Waals surface area (Å²) < 4.78 is 11.6. The van der Waals surface area contributed by atoms with Crippen molar-refractivity contribution in [1.29, 1.82) is 0 Å². The largest absolute Gasteiger partial charge is 0.465 e. The normalized spacial score (nSPS) is 34.7. The van der Waals surface area contributed by atoms with Gasteiger partial charge in [0.05, 0.1) is 18.6 Å². The standard InChI is InChI=1S/C29H36O5S/c1-7-29-20(4)18(2)11-12-23(29)28(17-33-21(5)30)14-9-13-27(6,24(28)19(3)25(29)31)16-34-26(32)22-10-8-15-35-22/h8,10,15,23-24H,2-4,7,9,11-14,16-17H2,1,5-6H3/t23?,24?,27-,28+,29?/m0/s1. The Labute approximate surface area is 212 Å². The molecule has 1 aromatic heterocycles. The van der Waals surface area contributed by atoms with Gasteiger partial charge in [0.1, 0.15) is 4.88 Å². The molecule has 4 rings (SSSR count). The smallest absolute Gasteiger partial charge is 0.348 e. The Morgan fingerprint density at radius 3 is 2.54 bits per heavy atom. The van der Waals surface area contributed by atoms with Gasteiger partial charge in [0.2, 0.25) is 0 Å². The van der Waals surface area contributed by atoms with Crippen molar-refractivity contribution in [3.05, 3.63) is 58.8 Å². The van der Waals surface area contributed by atoms with Crippen molar-refractivity contribution >= 4 is 29.1 Å². The molecule has 0 aromatic carbocycles. The molecule has 3 aliphatic rings. The van der Waals surface area contributed by atoms with E-state index in [9.17, 15) is 14.4 Å². The van der Waals surface area contributed by atoms with Gasteiger partial charge in [-0.2, -0.15) is 0 Å². The minimum absolute atomic E-state index is 0.0250. The average molecular weight is 497 g/mol. The Morgan fingerprint density at radius 2 is 1.91 bits per heavy atom. The van der Waals surface area contributed by atoms with Gasteiger partial charge in [-0.05, 0) is 60.6 Å². The molecule has 3 aliphatic carbocycles. The number of allylic oxidation sites excluding steroid dienone is 3. The highest BCUT2D eigenvalue weighted by atomic mass is 32.1. The first-order chi connectivity index (χ1) is 16.5. The van der Waals surface area contributed by atoms with E-state index < -0.39 is 16.2 Å². The third-order valence-electron chi connectivity index (χ3n) is 9.05. The molecular weight excluding hydrogens is 460 g/mol. The first-order valence-electron chi connectivity index (χ1n) is 12.5. The van der Waals surface area contributed by atoms with Gasteiger partial charge in [-0.15, -0.1) is 11.3 Å². The van der Waals surface area contributed by atoms with Crippen LogP contribution in [0.4, 0.5) is 0 Å². The van der Waals surface area contributed by atoms with Crippen LogP contribution in [-0.2, 0) is 19.1 Å². The molecule has 0 bridgehead atoms. The molecule has 6 heteroatoms. The van der Waals surface area contributed by atoms with Gasteiger partial charge in [0.15, 0.2) is 5.78 Å². The highest BCUT2D eigenvalue weighted by molar-refractivity contribution is 7.11. The van der Waals surface area contributed by atoms with Crippen molar-refractivity contribution in [3.63, 3.8) is 0 Å².